The number of hydrogen-bond acceptors (Lipinski definition) is 2. The summed E-state index contributed by atoms with van der Waals surface area (Å²) in [5.74, 6) is -0.441. The van der Waals surface area contributed by atoms with Crippen LogP contribution < -0.4 is 10.2 Å². The zero-order valence-corrected chi connectivity index (χ0v) is 17.0. The minimum absolute atomic E-state index is 0.151. The van der Waals surface area contributed by atoms with Gasteiger partial charge >= 0.3 is 0 Å². The Labute approximate surface area is 175 Å². The predicted molar refractivity (Wildman–Crippen MR) is 116 cm³/mol. The van der Waals surface area contributed by atoms with Crippen LogP contribution >= 0.6 is 11.6 Å². The third kappa shape index (κ3) is 3.76. The molecule has 0 saturated heterocycles. The molecule has 4 nitrogen and oxygen atoms in total. The summed E-state index contributed by atoms with van der Waals surface area (Å²) in [6.07, 6.45) is 0.421. The van der Waals surface area contributed by atoms with Gasteiger partial charge in [0.25, 0.3) is 5.91 Å². The molecule has 1 atom stereocenters. The number of anilines is 1. The Balaban J connectivity index is 1.58. The molecule has 1 unspecified atom stereocenters. The number of carbonyl (C=O) groups is 2. The van der Waals surface area contributed by atoms with E-state index in [1.54, 1.807) is 25.2 Å². The SMILES string of the molecule is Cc1ccccc1-c1ccc(CC2NC(=O)c3cc(Cl)ccc3N(C)C2=O)cc1. The number of amides is 2. The van der Waals surface area contributed by atoms with Crippen molar-refractivity contribution in [2.75, 3.05) is 11.9 Å². The number of hydrogen-bond donors (Lipinski definition) is 1. The first-order valence-corrected chi connectivity index (χ1v) is 9.85. The first-order valence-electron chi connectivity index (χ1n) is 9.47. The number of rotatable bonds is 3. The fraction of sp³-hybridized carbons (Fsp3) is 0.167. The second-order valence-corrected chi connectivity index (χ2v) is 7.74. The topological polar surface area (TPSA) is 49.4 Å². The smallest absolute Gasteiger partial charge is 0.254 e. The standard InChI is InChI=1S/C24H21ClN2O2/c1-15-5-3-4-6-19(15)17-9-7-16(8-10-17)13-21-24(29)27(2)22-12-11-18(25)14-20(22)23(28)26-21/h3-12,14,21H,13H2,1-2H3,(H,26,28). The van der Waals surface area contributed by atoms with Crippen LogP contribution in [0, 0.1) is 6.92 Å². The molecule has 2 amide bonds. The quantitative estimate of drug-likeness (QED) is 0.691. The average Bonchev–Trinajstić information content (AvgIpc) is 2.80. The molecule has 3 aromatic carbocycles. The van der Waals surface area contributed by atoms with E-state index in [9.17, 15) is 9.59 Å². The molecule has 0 saturated carbocycles. The molecule has 0 bridgehead atoms. The van der Waals surface area contributed by atoms with Gasteiger partial charge in [0.2, 0.25) is 5.91 Å². The molecule has 146 valence electrons. The van der Waals surface area contributed by atoms with Crippen LogP contribution in [0.3, 0.4) is 0 Å². The predicted octanol–water partition coefficient (Wildman–Crippen LogP) is 4.63. The largest absolute Gasteiger partial charge is 0.340 e. The lowest BCUT2D eigenvalue weighted by molar-refractivity contribution is -0.120. The monoisotopic (exact) mass is 404 g/mol. The fourth-order valence-corrected chi connectivity index (χ4v) is 3.90. The van der Waals surface area contributed by atoms with E-state index in [0.717, 1.165) is 11.1 Å². The third-order valence-electron chi connectivity index (χ3n) is 5.35. The van der Waals surface area contributed by atoms with Crippen LogP contribution in [-0.4, -0.2) is 24.9 Å². The van der Waals surface area contributed by atoms with Crippen molar-refractivity contribution < 1.29 is 9.59 Å². The Morgan fingerprint density at radius 2 is 1.69 bits per heavy atom. The lowest BCUT2D eigenvalue weighted by atomic mass is 9.97. The zero-order valence-electron chi connectivity index (χ0n) is 16.3. The number of carbonyl (C=O) groups excluding carboxylic acids is 2. The molecule has 0 aromatic heterocycles. The van der Waals surface area contributed by atoms with Crippen LogP contribution in [0.1, 0.15) is 21.5 Å². The van der Waals surface area contributed by atoms with Crippen LogP contribution in [0.4, 0.5) is 5.69 Å². The Bertz CT molecular complexity index is 1090. The van der Waals surface area contributed by atoms with Crippen molar-refractivity contribution in [3.63, 3.8) is 0 Å². The highest BCUT2D eigenvalue weighted by molar-refractivity contribution is 6.31. The van der Waals surface area contributed by atoms with Crippen LogP contribution in [0.2, 0.25) is 5.02 Å². The number of likely N-dealkylation sites (N-methyl/N-ethyl adjacent to an activating group) is 1. The Hall–Kier alpha value is -3.11. The van der Waals surface area contributed by atoms with Gasteiger partial charge in [-0.05, 0) is 47.4 Å². The van der Waals surface area contributed by atoms with Gasteiger partial charge in [0, 0.05) is 18.5 Å². The van der Waals surface area contributed by atoms with E-state index < -0.39 is 6.04 Å². The molecule has 29 heavy (non-hydrogen) atoms. The Morgan fingerprint density at radius 1 is 0.966 bits per heavy atom. The van der Waals surface area contributed by atoms with Gasteiger partial charge in [-0.15, -0.1) is 0 Å². The molecule has 3 aromatic rings. The minimum atomic E-state index is -0.636. The number of nitrogens with zero attached hydrogens (tertiary/aromatic N) is 1. The second-order valence-electron chi connectivity index (χ2n) is 7.30. The maximum absolute atomic E-state index is 13.0. The van der Waals surface area contributed by atoms with Crippen LogP contribution in [-0.2, 0) is 11.2 Å². The van der Waals surface area contributed by atoms with Crippen molar-refractivity contribution in [2.24, 2.45) is 0 Å². The number of benzene rings is 3. The summed E-state index contributed by atoms with van der Waals surface area (Å²) in [6.45, 7) is 2.09. The molecule has 0 radical (unpaired) electrons. The Morgan fingerprint density at radius 3 is 2.41 bits per heavy atom. The van der Waals surface area contributed by atoms with E-state index in [1.165, 1.54) is 16.0 Å². The number of fused-ring (bicyclic) bond motifs is 1. The van der Waals surface area contributed by atoms with Gasteiger partial charge in [-0.3, -0.25) is 9.59 Å². The summed E-state index contributed by atoms with van der Waals surface area (Å²) >= 11 is 6.04. The summed E-state index contributed by atoms with van der Waals surface area (Å²) in [6, 6.07) is 20.7. The third-order valence-corrected chi connectivity index (χ3v) is 5.58. The summed E-state index contributed by atoms with van der Waals surface area (Å²) in [5, 5.41) is 3.32. The fourth-order valence-electron chi connectivity index (χ4n) is 3.72. The van der Waals surface area contributed by atoms with Crippen molar-refractivity contribution in [3.05, 3.63) is 88.4 Å². The average molecular weight is 405 g/mol. The molecule has 1 heterocycles. The number of halogens is 1. The molecule has 1 aliphatic heterocycles. The summed E-state index contributed by atoms with van der Waals surface area (Å²) < 4.78 is 0. The van der Waals surface area contributed by atoms with Gasteiger partial charge in [0.1, 0.15) is 6.04 Å². The second kappa shape index (κ2) is 7.72. The van der Waals surface area contributed by atoms with Gasteiger partial charge in [-0.2, -0.15) is 0 Å². The van der Waals surface area contributed by atoms with E-state index in [2.05, 4.69) is 36.5 Å². The van der Waals surface area contributed by atoms with E-state index in [4.69, 9.17) is 11.6 Å². The first kappa shape index (κ1) is 19.2. The molecule has 4 rings (SSSR count). The molecular formula is C24H21ClN2O2. The molecule has 0 spiro atoms. The molecule has 1 N–H and O–H groups in total. The normalized spacial score (nSPS) is 16.2. The highest BCUT2D eigenvalue weighted by Crippen LogP contribution is 2.28. The van der Waals surface area contributed by atoms with Crippen molar-refractivity contribution in [2.45, 2.75) is 19.4 Å². The van der Waals surface area contributed by atoms with E-state index in [-0.39, 0.29) is 11.8 Å². The lowest BCUT2D eigenvalue weighted by Crippen LogP contribution is -2.45. The number of aryl methyl sites for hydroxylation is 1. The Kier molecular flexibility index (Phi) is 5.12. The summed E-state index contributed by atoms with van der Waals surface area (Å²) in [7, 11) is 1.68. The molecule has 0 aliphatic carbocycles. The maximum atomic E-state index is 13.0. The maximum Gasteiger partial charge on any atom is 0.254 e. The van der Waals surface area contributed by atoms with E-state index >= 15 is 0 Å². The van der Waals surface area contributed by atoms with E-state index in [0.29, 0.717) is 22.7 Å². The lowest BCUT2D eigenvalue weighted by Gasteiger charge is -2.21. The van der Waals surface area contributed by atoms with Crippen molar-refractivity contribution >= 4 is 29.1 Å². The van der Waals surface area contributed by atoms with Gasteiger partial charge in [0.15, 0.2) is 0 Å². The van der Waals surface area contributed by atoms with Crippen molar-refractivity contribution in [1.29, 1.82) is 0 Å². The van der Waals surface area contributed by atoms with Gasteiger partial charge < -0.3 is 10.2 Å². The van der Waals surface area contributed by atoms with Crippen LogP contribution in [0.5, 0.6) is 0 Å². The minimum Gasteiger partial charge on any atom is -0.340 e. The summed E-state index contributed by atoms with van der Waals surface area (Å²) in [4.78, 5) is 27.2. The molecule has 0 fully saturated rings. The molecule has 1 aliphatic rings. The van der Waals surface area contributed by atoms with Crippen molar-refractivity contribution in [3.8, 4) is 11.1 Å². The van der Waals surface area contributed by atoms with Gasteiger partial charge in [-0.25, -0.2) is 0 Å². The zero-order chi connectivity index (χ0) is 20.5. The first-order chi connectivity index (χ1) is 13.9. The summed E-state index contributed by atoms with van der Waals surface area (Å²) in [5.41, 5.74) is 5.48. The van der Waals surface area contributed by atoms with Crippen LogP contribution in [0.25, 0.3) is 11.1 Å². The molecule has 5 heteroatoms. The molecular weight excluding hydrogens is 384 g/mol. The van der Waals surface area contributed by atoms with E-state index in [1.807, 2.05) is 24.3 Å². The van der Waals surface area contributed by atoms with Gasteiger partial charge in [-0.1, -0.05) is 60.1 Å². The van der Waals surface area contributed by atoms with Crippen molar-refractivity contribution in [1.82, 2.24) is 5.32 Å². The highest BCUT2D eigenvalue weighted by atomic mass is 35.5. The van der Waals surface area contributed by atoms with Crippen LogP contribution in [0.15, 0.2) is 66.7 Å². The highest BCUT2D eigenvalue weighted by Gasteiger charge is 2.32. The van der Waals surface area contributed by atoms with Gasteiger partial charge in [0.05, 0.1) is 11.3 Å². The number of nitrogens with one attached hydrogen (secondary N) is 1.